The number of benzene rings is 10. The first-order chi connectivity index (χ1) is 32.7. The molecule has 0 amide bonds. The summed E-state index contributed by atoms with van der Waals surface area (Å²) in [4.78, 5) is 5.62. The number of rotatable bonds is 5. The van der Waals surface area contributed by atoms with Crippen LogP contribution in [0.15, 0.2) is 223 Å². The Labute approximate surface area is 382 Å². The molecule has 4 heteroatoms. The Morgan fingerprint density at radius 2 is 1.15 bits per heavy atom. The molecule has 0 fully saturated rings. The van der Waals surface area contributed by atoms with Crippen LogP contribution in [0, 0.1) is 0 Å². The smallest absolute Gasteiger partial charge is 0.209 e. The summed E-state index contributed by atoms with van der Waals surface area (Å²) < 4.78 is 2.52. The Balaban J connectivity index is 0.960. The van der Waals surface area contributed by atoms with Crippen molar-refractivity contribution in [3.8, 4) is 5.69 Å². The van der Waals surface area contributed by atoms with Gasteiger partial charge in [0.25, 0.3) is 0 Å². The van der Waals surface area contributed by atoms with E-state index >= 15 is 0 Å². The van der Waals surface area contributed by atoms with Crippen molar-refractivity contribution >= 4 is 76.3 Å². The molecule has 2 aliphatic carbocycles. The van der Waals surface area contributed by atoms with E-state index in [2.05, 4.69) is 228 Å². The number of nitrogens with two attached hydrogens (primary N) is 1. The third kappa shape index (κ3) is 5.85. The summed E-state index contributed by atoms with van der Waals surface area (Å²) in [5, 5.41) is 18.8. The molecule has 0 saturated heterocycles. The zero-order valence-corrected chi connectivity index (χ0v) is 36.3. The van der Waals surface area contributed by atoms with E-state index in [9.17, 15) is 0 Å². The van der Waals surface area contributed by atoms with Gasteiger partial charge in [-0.2, -0.15) is 0 Å². The zero-order chi connectivity index (χ0) is 43.3. The predicted molar refractivity (Wildman–Crippen MR) is 274 cm³/mol. The largest absolute Gasteiger partial charge is 0.317 e. The molecule has 3 N–H and O–H groups in total. The second-order valence-electron chi connectivity index (χ2n) is 18.4. The molecule has 1 aliphatic heterocycles. The van der Waals surface area contributed by atoms with Crippen LogP contribution in [-0.2, 0) is 0 Å². The van der Waals surface area contributed by atoms with Crippen molar-refractivity contribution < 1.29 is 5.32 Å². The summed E-state index contributed by atoms with van der Waals surface area (Å²) >= 11 is 0. The zero-order valence-electron chi connectivity index (χ0n) is 36.3. The lowest BCUT2D eigenvalue weighted by Gasteiger charge is -2.29. The Morgan fingerprint density at radius 3 is 1.98 bits per heavy atom. The molecule has 3 atom stereocenters. The Hall–Kier alpha value is -8.05. The van der Waals surface area contributed by atoms with Crippen LogP contribution in [0.3, 0.4) is 0 Å². The van der Waals surface area contributed by atoms with Crippen molar-refractivity contribution in [1.82, 2.24) is 9.88 Å². The lowest BCUT2D eigenvalue weighted by molar-refractivity contribution is -0.739. The number of quaternary nitrogens is 1. The average molecular weight is 846 g/mol. The van der Waals surface area contributed by atoms with Crippen LogP contribution < -0.4 is 10.6 Å². The summed E-state index contributed by atoms with van der Waals surface area (Å²) in [5.41, 5.74) is 14.2. The van der Waals surface area contributed by atoms with Gasteiger partial charge in [0, 0.05) is 39.1 Å². The van der Waals surface area contributed by atoms with Crippen molar-refractivity contribution in [2.24, 2.45) is 4.99 Å². The summed E-state index contributed by atoms with van der Waals surface area (Å²) in [7, 11) is 0. The van der Waals surface area contributed by atoms with E-state index in [0.717, 1.165) is 35.5 Å². The molecular weight excluding hydrogens is 801 g/mol. The number of aliphatic imine (C=N–C) groups is 1. The summed E-state index contributed by atoms with van der Waals surface area (Å²) in [5.74, 6) is 1.07. The van der Waals surface area contributed by atoms with Gasteiger partial charge in [0.15, 0.2) is 6.17 Å². The van der Waals surface area contributed by atoms with Crippen LogP contribution >= 0.6 is 0 Å². The van der Waals surface area contributed by atoms with E-state index < -0.39 is 0 Å². The number of hydrogen-bond acceptors (Lipinski definition) is 2. The Bertz CT molecular complexity index is 3910. The SMILES string of the molecule is C1=CC2=C(CC1)c1cc3ccccc3cc1C2c1ccc2c3cc4ccccc4cc3n(-c3cccc(C4N=C(c5cc6ccccc6c6ccccc56)NC(c5ccccc5)[NH2+]4)c3)c2c1. The van der Waals surface area contributed by atoms with Crippen molar-refractivity contribution in [2.45, 2.75) is 31.1 Å². The second kappa shape index (κ2) is 14.7. The number of nitrogens with one attached hydrogen (secondary N) is 1. The molecule has 3 aliphatic rings. The maximum Gasteiger partial charge on any atom is 0.209 e. The summed E-state index contributed by atoms with van der Waals surface area (Å²) in [6, 6.07) is 74.3. The average Bonchev–Trinajstić information content (AvgIpc) is 3.88. The highest BCUT2D eigenvalue weighted by Crippen LogP contribution is 2.51. The minimum absolute atomic E-state index is 0.0424. The number of aromatic nitrogens is 1. The summed E-state index contributed by atoms with van der Waals surface area (Å²) in [6.45, 7) is 0. The van der Waals surface area contributed by atoms with E-state index in [0.29, 0.717) is 0 Å². The van der Waals surface area contributed by atoms with Gasteiger partial charge >= 0.3 is 0 Å². The van der Waals surface area contributed by atoms with Crippen molar-refractivity contribution in [2.75, 3.05) is 0 Å². The van der Waals surface area contributed by atoms with E-state index in [1.165, 1.54) is 98.3 Å². The minimum atomic E-state index is -0.200. The van der Waals surface area contributed by atoms with Crippen LogP contribution in [-0.4, -0.2) is 10.4 Å². The molecule has 0 radical (unpaired) electrons. The molecule has 0 bridgehead atoms. The molecule has 1 aromatic heterocycles. The monoisotopic (exact) mass is 845 g/mol. The Morgan fingerprint density at radius 1 is 0.485 bits per heavy atom. The van der Waals surface area contributed by atoms with Gasteiger partial charge in [-0.15, -0.1) is 0 Å². The van der Waals surface area contributed by atoms with Gasteiger partial charge in [-0.1, -0.05) is 164 Å². The number of allylic oxidation sites excluding steroid dienone is 4. The van der Waals surface area contributed by atoms with Crippen LogP contribution in [0.5, 0.6) is 0 Å². The van der Waals surface area contributed by atoms with Gasteiger partial charge in [0.2, 0.25) is 6.17 Å². The van der Waals surface area contributed by atoms with E-state index in [1.807, 2.05) is 0 Å². The molecule has 11 aromatic rings. The maximum atomic E-state index is 5.62. The highest BCUT2D eigenvalue weighted by Gasteiger charge is 2.34. The molecule has 0 saturated carbocycles. The van der Waals surface area contributed by atoms with E-state index in [-0.39, 0.29) is 18.2 Å². The van der Waals surface area contributed by atoms with Gasteiger partial charge in [-0.25, -0.2) is 4.99 Å². The topological polar surface area (TPSA) is 45.9 Å². The van der Waals surface area contributed by atoms with Gasteiger partial charge in [-0.05, 0) is 132 Å². The van der Waals surface area contributed by atoms with Crippen LogP contribution in [0.1, 0.15) is 64.5 Å². The molecule has 4 nitrogen and oxygen atoms in total. The lowest BCUT2D eigenvalue weighted by Crippen LogP contribution is -2.90. The van der Waals surface area contributed by atoms with Gasteiger partial charge < -0.3 is 9.88 Å². The van der Waals surface area contributed by atoms with Crippen LogP contribution in [0.2, 0.25) is 0 Å². The fourth-order valence-corrected chi connectivity index (χ4v) is 11.6. The molecule has 66 heavy (non-hydrogen) atoms. The second-order valence-corrected chi connectivity index (χ2v) is 18.4. The van der Waals surface area contributed by atoms with Crippen molar-refractivity contribution in [3.05, 3.63) is 251 Å². The van der Waals surface area contributed by atoms with Crippen molar-refractivity contribution in [1.29, 1.82) is 0 Å². The molecule has 3 unspecified atom stereocenters. The maximum absolute atomic E-state index is 5.62. The highest BCUT2D eigenvalue weighted by atomic mass is 15.3. The third-order valence-electron chi connectivity index (χ3n) is 14.6. The molecular formula is C62H45N4+. The molecule has 10 aromatic carbocycles. The van der Waals surface area contributed by atoms with Gasteiger partial charge in [0.05, 0.1) is 11.0 Å². The highest BCUT2D eigenvalue weighted by molar-refractivity contribution is 6.19. The first-order valence-corrected chi connectivity index (χ1v) is 23.4. The predicted octanol–water partition coefficient (Wildman–Crippen LogP) is 14.0. The fourth-order valence-electron chi connectivity index (χ4n) is 11.6. The van der Waals surface area contributed by atoms with E-state index in [1.54, 1.807) is 0 Å². The normalized spacial score (nSPS) is 18.1. The molecule has 312 valence electrons. The number of nitrogens with zero attached hydrogens (tertiary/aromatic N) is 2. The summed E-state index contributed by atoms with van der Waals surface area (Å²) in [6.07, 6.45) is 6.71. The molecule has 2 heterocycles. The quantitative estimate of drug-likeness (QED) is 0.167. The fraction of sp³-hybridized carbons (Fsp3) is 0.0806. The number of amidine groups is 1. The molecule has 0 spiro atoms. The van der Waals surface area contributed by atoms with Crippen LogP contribution in [0.25, 0.3) is 76.2 Å². The first kappa shape index (κ1) is 37.3. The first-order valence-electron chi connectivity index (χ1n) is 23.4. The lowest BCUT2D eigenvalue weighted by atomic mass is 9.86. The number of fused-ring (bicyclic) bond motifs is 10. The minimum Gasteiger partial charge on any atom is -0.317 e. The third-order valence-corrected chi connectivity index (χ3v) is 14.6. The standard InChI is InChI=1S/C62H44N4/c1-2-15-38(16-3-1)60-63-61(65-62(64-60)56-35-43-21-8-9-24-47(43)48-25-10-11-26-49(48)56)45-22-14-23-46(31-45)66-57-37-44(29-30-51(57)54-33-40-18-6-7-20-42(40)36-58(54)66)59-52-28-13-12-27-50(52)53-32-39-17-4-5-19-41(39)34-55(53)59/h1-11,13-26,28-37,59-61,63H,12,27H2,(H,64,65)/p+1. The van der Waals surface area contributed by atoms with Crippen molar-refractivity contribution in [3.63, 3.8) is 0 Å². The van der Waals surface area contributed by atoms with Gasteiger partial charge in [-0.3, -0.25) is 5.32 Å². The molecule has 14 rings (SSSR count). The van der Waals surface area contributed by atoms with Gasteiger partial charge in [0.1, 0.15) is 5.84 Å². The number of hydrogen-bond donors (Lipinski definition) is 2. The van der Waals surface area contributed by atoms with Crippen LogP contribution in [0.4, 0.5) is 0 Å². The van der Waals surface area contributed by atoms with E-state index in [4.69, 9.17) is 4.99 Å². The Kier molecular flexibility index (Phi) is 8.34.